The Balaban J connectivity index is 1.29. The Morgan fingerprint density at radius 3 is 2.69 bits per heavy atom. The van der Waals surface area contributed by atoms with E-state index in [1.807, 2.05) is 0 Å². The number of fused-ring (bicyclic) bond motifs is 1. The first-order valence-corrected chi connectivity index (χ1v) is 11.8. The number of aromatic nitrogens is 3. The van der Waals surface area contributed by atoms with E-state index in [0.717, 1.165) is 43.1 Å². The molecule has 7 nitrogen and oxygen atoms in total. The van der Waals surface area contributed by atoms with Gasteiger partial charge in [0.2, 0.25) is 5.88 Å². The number of hydrogen-bond donors (Lipinski definition) is 2. The van der Waals surface area contributed by atoms with Crippen molar-refractivity contribution in [2.45, 2.75) is 35.2 Å². The molecule has 1 fully saturated rings. The van der Waals surface area contributed by atoms with E-state index in [0.29, 0.717) is 21.7 Å². The van der Waals surface area contributed by atoms with Crippen molar-refractivity contribution in [1.29, 1.82) is 0 Å². The minimum absolute atomic E-state index is 0.0953. The number of nitrogen functional groups attached to an aromatic ring is 1. The zero-order valence-corrected chi connectivity index (χ0v) is 19.4. The third kappa shape index (κ3) is 3.66. The lowest BCUT2D eigenvalue weighted by Crippen LogP contribution is -2.44. The van der Waals surface area contributed by atoms with Gasteiger partial charge in [0.25, 0.3) is 0 Å². The summed E-state index contributed by atoms with van der Waals surface area (Å²) in [5.41, 5.74) is 15.8. The third-order valence-electron chi connectivity index (χ3n) is 6.65. The Labute approximate surface area is 196 Å². The largest absolute Gasteiger partial charge is 0.480 e. The molecule has 3 aromatic rings. The van der Waals surface area contributed by atoms with Gasteiger partial charge in [-0.05, 0) is 41.9 Å². The predicted molar refractivity (Wildman–Crippen MR) is 127 cm³/mol. The fourth-order valence-electron chi connectivity index (χ4n) is 4.83. The van der Waals surface area contributed by atoms with Gasteiger partial charge in [0.15, 0.2) is 5.82 Å². The van der Waals surface area contributed by atoms with Gasteiger partial charge in [-0.25, -0.2) is 15.0 Å². The van der Waals surface area contributed by atoms with E-state index in [-0.39, 0.29) is 11.5 Å². The molecule has 1 spiro atoms. The summed E-state index contributed by atoms with van der Waals surface area (Å²) in [7, 11) is 1.53. The molecule has 1 saturated heterocycles. The van der Waals surface area contributed by atoms with Crippen LogP contribution in [0.1, 0.15) is 30.0 Å². The normalized spacial score (nSPS) is 19.2. The Morgan fingerprint density at radius 2 is 1.97 bits per heavy atom. The molecule has 9 heteroatoms. The van der Waals surface area contributed by atoms with Crippen molar-refractivity contribution in [2.24, 2.45) is 11.1 Å². The van der Waals surface area contributed by atoms with Crippen LogP contribution in [0, 0.1) is 5.41 Å². The van der Waals surface area contributed by atoms with Crippen LogP contribution in [0.5, 0.6) is 5.88 Å². The second kappa shape index (κ2) is 8.42. The van der Waals surface area contributed by atoms with Gasteiger partial charge in [-0.1, -0.05) is 47.6 Å². The third-order valence-corrected chi connectivity index (χ3v) is 8.19. The van der Waals surface area contributed by atoms with Crippen LogP contribution in [0.3, 0.4) is 0 Å². The quantitative estimate of drug-likeness (QED) is 0.589. The topological polar surface area (TPSA) is 103 Å². The maximum Gasteiger partial charge on any atom is 0.233 e. The first-order chi connectivity index (χ1) is 15.5. The highest BCUT2D eigenvalue weighted by Gasteiger charge is 2.45. The van der Waals surface area contributed by atoms with E-state index < -0.39 is 0 Å². The molecule has 0 radical (unpaired) electrons. The molecule has 3 heterocycles. The molecule has 1 aliphatic heterocycles. The molecule has 0 bridgehead atoms. The van der Waals surface area contributed by atoms with Crippen molar-refractivity contribution in [1.82, 2.24) is 15.0 Å². The highest BCUT2D eigenvalue weighted by molar-refractivity contribution is 7.99. The average molecular weight is 469 g/mol. The van der Waals surface area contributed by atoms with Crippen LogP contribution < -0.4 is 21.1 Å². The summed E-state index contributed by atoms with van der Waals surface area (Å²) in [6.45, 7) is 1.77. The Bertz CT molecular complexity index is 1150. The summed E-state index contributed by atoms with van der Waals surface area (Å²) in [5.74, 6) is 1.54. The number of benzene rings is 1. The molecule has 1 aromatic carbocycles. The van der Waals surface area contributed by atoms with E-state index in [1.165, 1.54) is 30.0 Å². The molecule has 166 valence electrons. The summed E-state index contributed by atoms with van der Waals surface area (Å²) in [4.78, 5) is 16.3. The van der Waals surface area contributed by atoms with Crippen LogP contribution in [-0.2, 0) is 6.42 Å². The van der Waals surface area contributed by atoms with Crippen LogP contribution in [-0.4, -0.2) is 35.2 Å². The van der Waals surface area contributed by atoms with Crippen molar-refractivity contribution in [3.8, 4) is 5.88 Å². The summed E-state index contributed by atoms with van der Waals surface area (Å²) >= 11 is 7.70. The molecule has 4 N–H and O–H groups in total. The van der Waals surface area contributed by atoms with Gasteiger partial charge >= 0.3 is 0 Å². The number of ether oxygens (including phenoxy) is 1. The van der Waals surface area contributed by atoms with Crippen molar-refractivity contribution >= 4 is 35.0 Å². The first-order valence-electron chi connectivity index (χ1n) is 10.6. The Morgan fingerprint density at radius 1 is 1.19 bits per heavy atom. The highest BCUT2D eigenvalue weighted by Crippen LogP contribution is 2.51. The van der Waals surface area contributed by atoms with Gasteiger partial charge < -0.3 is 21.1 Å². The summed E-state index contributed by atoms with van der Waals surface area (Å²) in [6.07, 6.45) is 6.52. The minimum Gasteiger partial charge on any atom is -0.480 e. The van der Waals surface area contributed by atoms with E-state index in [1.54, 1.807) is 18.5 Å². The summed E-state index contributed by atoms with van der Waals surface area (Å²) < 4.78 is 5.18. The van der Waals surface area contributed by atoms with Crippen molar-refractivity contribution in [2.75, 3.05) is 30.8 Å². The molecule has 32 heavy (non-hydrogen) atoms. The van der Waals surface area contributed by atoms with Crippen LogP contribution in [0.25, 0.3) is 0 Å². The smallest absolute Gasteiger partial charge is 0.233 e. The first kappa shape index (κ1) is 21.3. The molecule has 2 aromatic heterocycles. The second-order valence-corrected chi connectivity index (χ2v) is 9.76. The average Bonchev–Trinajstić information content (AvgIpc) is 3.08. The number of pyridine rings is 1. The van der Waals surface area contributed by atoms with Gasteiger partial charge in [-0.15, -0.1) is 0 Å². The zero-order valence-electron chi connectivity index (χ0n) is 17.8. The van der Waals surface area contributed by atoms with Crippen LogP contribution >= 0.6 is 23.4 Å². The summed E-state index contributed by atoms with van der Waals surface area (Å²) in [5, 5.41) is 1.03. The molecule has 2 aliphatic rings. The number of rotatable bonds is 4. The predicted octanol–water partition coefficient (Wildman–Crippen LogP) is 4.11. The molecule has 1 aliphatic carbocycles. The SMILES string of the molecule is COc1nccc(Sc2ncc(N3CCC4(CC3)Cc3ccccc3[C@H]4N)nc2N)c1Cl. The van der Waals surface area contributed by atoms with Crippen LogP contribution in [0.4, 0.5) is 11.6 Å². The van der Waals surface area contributed by atoms with Crippen molar-refractivity contribution < 1.29 is 4.74 Å². The maximum absolute atomic E-state index is 6.70. The Kier molecular flexibility index (Phi) is 5.61. The number of hydrogen-bond acceptors (Lipinski definition) is 8. The maximum atomic E-state index is 6.70. The Hall–Kier alpha value is -2.55. The number of nitrogens with zero attached hydrogens (tertiary/aromatic N) is 4. The lowest BCUT2D eigenvalue weighted by molar-refractivity contribution is 0.187. The van der Waals surface area contributed by atoms with Gasteiger partial charge in [0, 0.05) is 30.2 Å². The minimum atomic E-state index is 0.0953. The van der Waals surface area contributed by atoms with Crippen LogP contribution in [0.2, 0.25) is 5.02 Å². The number of anilines is 2. The molecule has 0 saturated carbocycles. The van der Waals surface area contributed by atoms with E-state index in [4.69, 9.17) is 27.8 Å². The standard InChI is InChI=1S/C23H25ClN6OS/c1-31-21-18(24)16(6-9-27-21)32-22-20(26)29-17(13-28-22)30-10-7-23(8-11-30)12-14-4-2-3-5-15(14)19(23)25/h2-6,9,13,19H,7-8,10-12,25H2,1H3,(H2,26,29)/t19-/m1/s1. The van der Waals surface area contributed by atoms with Gasteiger partial charge in [0.1, 0.15) is 15.9 Å². The zero-order chi connectivity index (χ0) is 22.3. The number of halogens is 1. The van der Waals surface area contributed by atoms with Crippen molar-refractivity contribution in [3.63, 3.8) is 0 Å². The molecule has 1 atom stereocenters. The van der Waals surface area contributed by atoms with E-state index >= 15 is 0 Å². The molecular formula is C23H25ClN6OS. The molecular weight excluding hydrogens is 444 g/mol. The lowest BCUT2D eigenvalue weighted by atomic mass is 9.73. The number of nitrogens with two attached hydrogens (primary N) is 2. The molecule has 0 amide bonds. The van der Waals surface area contributed by atoms with Gasteiger partial charge in [-0.3, -0.25) is 0 Å². The van der Waals surface area contributed by atoms with Gasteiger partial charge in [0.05, 0.1) is 13.3 Å². The summed E-state index contributed by atoms with van der Waals surface area (Å²) in [6, 6.07) is 10.5. The van der Waals surface area contributed by atoms with E-state index in [2.05, 4.69) is 44.1 Å². The highest BCUT2D eigenvalue weighted by atomic mass is 35.5. The van der Waals surface area contributed by atoms with E-state index in [9.17, 15) is 0 Å². The van der Waals surface area contributed by atoms with Gasteiger partial charge in [-0.2, -0.15) is 0 Å². The lowest BCUT2D eigenvalue weighted by Gasteiger charge is -2.42. The molecule has 5 rings (SSSR count). The fraction of sp³-hybridized carbons (Fsp3) is 0.348. The van der Waals surface area contributed by atoms with Crippen molar-refractivity contribution in [3.05, 3.63) is 58.9 Å². The van der Waals surface area contributed by atoms with Crippen LogP contribution in [0.15, 0.2) is 52.6 Å². The molecule has 0 unspecified atom stereocenters. The number of piperidine rings is 1. The second-order valence-electron chi connectivity index (χ2n) is 8.36. The monoisotopic (exact) mass is 468 g/mol. The fourth-order valence-corrected chi connectivity index (χ4v) is 5.91. The number of methoxy groups -OCH3 is 1.